The smallest absolute Gasteiger partial charge is 0.295 e. The van der Waals surface area contributed by atoms with Gasteiger partial charge < -0.3 is 24.5 Å². The number of hydrogen-bond donors (Lipinski definition) is 2. The maximum atomic E-state index is 13.4. The number of fused-ring (bicyclic) bond motifs is 1. The van der Waals surface area contributed by atoms with Gasteiger partial charge in [-0.1, -0.05) is 24.3 Å². The molecule has 1 amide bonds. The van der Waals surface area contributed by atoms with Gasteiger partial charge in [-0.05, 0) is 47.9 Å². The molecule has 10 heteroatoms. The quantitative estimate of drug-likeness (QED) is 0.111. The van der Waals surface area contributed by atoms with E-state index < -0.39 is 28.4 Å². The highest BCUT2D eigenvalue weighted by Gasteiger charge is 2.46. The molecular formula is C29H25N3O7. The number of ether oxygens (including phenoxy) is 2. The van der Waals surface area contributed by atoms with Crippen molar-refractivity contribution < 1.29 is 29.1 Å². The zero-order chi connectivity index (χ0) is 27.7. The summed E-state index contributed by atoms with van der Waals surface area (Å²) in [6, 6.07) is 16.9. The highest BCUT2D eigenvalue weighted by Crippen LogP contribution is 2.41. The number of nitrogens with zero attached hydrogens (tertiary/aromatic N) is 2. The van der Waals surface area contributed by atoms with Crippen LogP contribution in [0.1, 0.15) is 22.7 Å². The van der Waals surface area contributed by atoms with Crippen LogP contribution in [0.3, 0.4) is 0 Å². The Balaban J connectivity index is 1.58. The number of Topliss-reactive ketones (excluding diaryl/α,β-unsaturated/α-hetero) is 1. The summed E-state index contributed by atoms with van der Waals surface area (Å²) in [7, 11) is 3.09. The minimum atomic E-state index is -0.931. The van der Waals surface area contributed by atoms with E-state index in [1.54, 1.807) is 31.4 Å². The van der Waals surface area contributed by atoms with Crippen molar-refractivity contribution in [2.24, 2.45) is 0 Å². The van der Waals surface area contributed by atoms with Crippen LogP contribution in [0.25, 0.3) is 16.7 Å². The Labute approximate surface area is 223 Å². The number of carbonyl (C=O) groups excluding carboxylic acids is 2. The number of aliphatic hydroxyl groups excluding tert-OH is 1. The van der Waals surface area contributed by atoms with Crippen LogP contribution in [0, 0.1) is 10.1 Å². The first kappa shape index (κ1) is 25.5. The Hall–Kier alpha value is -5.12. The van der Waals surface area contributed by atoms with Crippen LogP contribution >= 0.6 is 0 Å². The Morgan fingerprint density at radius 2 is 1.77 bits per heavy atom. The molecule has 0 saturated carbocycles. The summed E-state index contributed by atoms with van der Waals surface area (Å²) in [6.45, 7) is 0.169. The van der Waals surface area contributed by atoms with E-state index in [1.807, 2.05) is 24.4 Å². The molecule has 0 spiro atoms. The molecule has 3 aromatic carbocycles. The second-order valence-corrected chi connectivity index (χ2v) is 9.05. The van der Waals surface area contributed by atoms with E-state index in [4.69, 9.17) is 9.47 Å². The van der Waals surface area contributed by atoms with Gasteiger partial charge in [-0.15, -0.1) is 0 Å². The third-order valence-electron chi connectivity index (χ3n) is 6.88. The number of rotatable bonds is 8. The molecule has 0 bridgehead atoms. The number of nitrogens with one attached hydrogen (secondary N) is 1. The summed E-state index contributed by atoms with van der Waals surface area (Å²) in [4.78, 5) is 42.0. The largest absolute Gasteiger partial charge is 0.507 e. The van der Waals surface area contributed by atoms with E-state index in [0.29, 0.717) is 23.5 Å². The first-order valence-corrected chi connectivity index (χ1v) is 12.1. The van der Waals surface area contributed by atoms with Gasteiger partial charge in [0.05, 0.1) is 30.8 Å². The Kier molecular flexibility index (Phi) is 6.76. The van der Waals surface area contributed by atoms with Crippen molar-refractivity contribution in [1.29, 1.82) is 0 Å². The maximum absolute atomic E-state index is 13.4. The van der Waals surface area contributed by atoms with Crippen molar-refractivity contribution >= 4 is 34.0 Å². The Morgan fingerprint density at radius 1 is 1.03 bits per heavy atom. The number of aliphatic hydroxyl groups is 1. The van der Waals surface area contributed by atoms with Crippen LogP contribution < -0.4 is 9.47 Å². The summed E-state index contributed by atoms with van der Waals surface area (Å²) in [6.07, 6.45) is 2.27. The molecule has 1 saturated heterocycles. The topological polar surface area (TPSA) is 135 Å². The molecule has 198 valence electrons. The molecule has 1 aliphatic heterocycles. The summed E-state index contributed by atoms with van der Waals surface area (Å²) < 4.78 is 10.7. The molecule has 4 aromatic rings. The maximum Gasteiger partial charge on any atom is 0.295 e. The minimum absolute atomic E-state index is 0.0684. The Morgan fingerprint density at radius 3 is 2.51 bits per heavy atom. The number of nitro benzene ring substituents is 1. The van der Waals surface area contributed by atoms with Crippen LogP contribution in [0.4, 0.5) is 5.69 Å². The molecule has 2 heterocycles. The monoisotopic (exact) mass is 527 g/mol. The van der Waals surface area contributed by atoms with Gasteiger partial charge in [0.15, 0.2) is 0 Å². The number of H-pyrrole nitrogens is 1. The van der Waals surface area contributed by atoms with Gasteiger partial charge in [0.1, 0.15) is 17.3 Å². The molecule has 0 unspecified atom stereocenters. The number of non-ortho nitro benzene ring substituents is 1. The van der Waals surface area contributed by atoms with E-state index in [-0.39, 0.29) is 23.4 Å². The van der Waals surface area contributed by atoms with Crippen LogP contribution in [-0.2, 0) is 16.0 Å². The molecule has 5 rings (SSSR count). The van der Waals surface area contributed by atoms with E-state index in [1.165, 1.54) is 36.3 Å². The second-order valence-electron chi connectivity index (χ2n) is 9.05. The first-order valence-electron chi connectivity index (χ1n) is 12.1. The lowest BCUT2D eigenvalue weighted by Gasteiger charge is -2.25. The van der Waals surface area contributed by atoms with Crippen LogP contribution in [0.15, 0.2) is 78.5 Å². The summed E-state index contributed by atoms with van der Waals surface area (Å²) in [5.41, 5.74) is 2.06. The number of benzene rings is 3. The van der Waals surface area contributed by atoms with Gasteiger partial charge in [-0.25, -0.2) is 0 Å². The predicted molar refractivity (Wildman–Crippen MR) is 144 cm³/mol. The molecular weight excluding hydrogens is 502 g/mol. The van der Waals surface area contributed by atoms with Gasteiger partial charge in [-0.2, -0.15) is 0 Å². The lowest BCUT2D eigenvalue weighted by Crippen LogP contribution is -2.31. The number of aromatic amines is 1. The van der Waals surface area contributed by atoms with Gasteiger partial charge in [-0.3, -0.25) is 19.7 Å². The average Bonchev–Trinajstić information content (AvgIpc) is 3.48. The third-order valence-corrected chi connectivity index (χ3v) is 6.88. The van der Waals surface area contributed by atoms with Crippen molar-refractivity contribution in [2.75, 3.05) is 20.8 Å². The molecule has 1 aromatic heterocycles. The molecule has 2 N–H and O–H groups in total. The van der Waals surface area contributed by atoms with Crippen molar-refractivity contribution in [2.45, 2.75) is 12.5 Å². The zero-order valence-electron chi connectivity index (χ0n) is 21.2. The molecule has 10 nitrogen and oxygen atoms in total. The summed E-state index contributed by atoms with van der Waals surface area (Å²) in [5, 5.41) is 23.5. The van der Waals surface area contributed by atoms with Gasteiger partial charge in [0.2, 0.25) is 0 Å². The van der Waals surface area contributed by atoms with Crippen LogP contribution in [-0.4, -0.2) is 52.4 Å². The normalized spacial score (nSPS) is 16.6. The van der Waals surface area contributed by atoms with Gasteiger partial charge >= 0.3 is 0 Å². The lowest BCUT2D eigenvalue weighted by atomic mass is 9.95. The van der Waals surface area contributed by atoms with E-state index >= 15 is 0 Å². The number of methoxy groups -OCH3 is 2. The Bertz CT molecular complexity index is 1640. The number of carbonyl (C=O) groups is 2. The fourth-order valence-electron chi connectivity index (χ4n) is 4.92. The van der Waals surface area contributed by atoms with E-state index in [0.717, 1.165) is 16.5 Å². The second kappa shape index (κ2) is 10.3. The van der Waals surface area contributed by atoms with Crippen molar-refractivity contribution in [3.63, 3.8) is 0 Å². The standard InChI is InChI=1S/C29H25N3O7/c1-38-21-8-4-5-17(14-21)26-25(27(33)18-6-3-7-20(13-18)32(36)37)28(34)29(35)31(26)12-11-19-16-30-24-10-9-22(39-2)15-23(19)24/h3-10,13-16,26,30,33H,11-12H2,1-2H3/t26-/m1/s1. The van der Waals surface area contributed by atoms with Crippen molar-refractivity contribution in [3.8, 4) is 11.5 Å². The molecule has 1 aliphatic rings. The van der Waals surface area contributed by atoms with E-state index in [2.05, 4.69) is 4.98 Å². The number of hydrogen-bond acceptors (Lipinski definition) is 7. The average molecular weight is 528 g/mol. The first-order chi connectivity index (χ1) is 18.8. The number of aromatic nitrogens is 1. The summed E-state index contributed by atoms with van der Waals surface area (Å²) in [5.74, 6) is -0.918. The lowest BCUT2D eigenvalue weighted by molar-refractivity contribution is -0.384. The molecule has 1 fully saturated rings. The number of likely N-dealkylation sites (tertiary alicyclic amines) is 1. The minimum Gasteiger partial charge on any atom is -0.507 e. The number of nitro groups is 1. The zero-order valence-corrected chi connectivity index (χ0v) is 21.2. The fraction of sp³-hybridized carbons (Fsp3) is 0.172. The van der Waals surface area contributed by atoms with Gasteiger partial charge in [0.25, 0.3) is 17.4 Å². The van der Waals surface area contributed by atoms with Crippen LogP contribution in [0.2, 0.25) is 0 Å². The number of amides is 1. The van der Waals surface area contributed by atoms with Crippen LogP contribution in [0.5, 0.6) is 11.5 Å². The molecule has 0 aliphatic carbocycles. The highest BCUT2D eigenvalue weighted by molar-refractivity contribution is 6.46. The van der Waals surface area contributed by atoms with Crippen molar-refractivity contribution in [1.82, 2.24) is 9.88 Å². The van der Waals surface area contributed by atoms with Crippen molar-refractivity contribution in [3.05, 3.63) is 105 Å². The third kappa shape index (κ3) is 4.68. The number of ketones is 1. The summed E-state index contributed by atoms with van der Waals surface area (Å²) >= 11 is 0. The highest BCUT2D eigenvalue weighted by atomic mass is 16.6. The van der Waals surface area contributed by atoms with Gasteiger partial charge in [0, 0.05) is 41.3 Å². The molecule has 1 atom stereocenters. The predicted octanol–water partition coefficient (Wildman–Crippen LogP) is 4.76. The van der Waals surface area contributed by atoms with E-state index in [9.17, 15) is 24.8 Å². The fourth-order valence-corrected chi connectivity index (χ4v) is 4.92. The SMILES string of the molecule is COc1cccc([C@@H]2C(=C(O)c3cccc([N+](=O)[O-])c3)C(=O)C(=O)N2CCc2c[nH]c3ccc(OC)cc23)c1. The molecule has 39 heavy (non-hydrogen) atoms. The molecule has 0 radical (unpaired) electrons.